The first kappa shape index (κ1) is 26.5. The van der Waals surface area contributed by atoms with E-state index in [9.17, 15) is 10.1 Å². The van der Waals surface area contributed by atoms with Crippen LogP contribution in [0.4, 0.5) is 16.6 Å². The van der Waals surface area contributed by atoms with Crippen LogP contribution in [0, 0.1) is 34.5 Å². The molecule has 9 nitrogen and oxygen atoms in total. The Morgan fingerprint density at radius 3 is 2.66 bits per heavy atom. The molecule has 0 spiro atoms. The molecule has 4 bridgehead atoms. The lowest BCUT2D eigenvalue weighted by atomic mass is 9.48. The van der Waals surface area contributed by atoms with Gasteiger partial charge in [0, 0.05) is 30.9 Å². The summed E-state index contributed by atoms with van der Waals surface area (Å²) in [4.78, 5) is 25.9. The molecule has 4 aliphatic rings. The molecule has 10 heteroatoms. The number of rotatable bonds is 8. The van der Waals surface area contributed by atoms with Gasteiger partial charge in [0.25, 0.3) is 0 Å². The minimum atomic E-state index is -0.500. The van der Waals surface area contributed by atoms with E-state index in [1.54, 1.807) is 24.2 Å². The molecule has 0 saturated heterocycles. The smallest absolute Gasteiger partial charge is 0.407 e. The number of hydrogen-bond acceptors (Lipinski definition) is 9. The Balaban J connectivity index is 1.24. The second-order valence-electron chi connectivity index (χ2n) is 12.1. The van der Waals surface area contributed by atoms with Crippen molar-refractivity contribution < 1.29 is 9.53 Å². The van der Waals surface area contributed by atoms with Gasteiger partial charge in [0.05, 0.1) is 6.20 Å². The van der Waals surface area contributed by atoms with Crippen LogP contribution in [0.5, 0.6) is 0 Å². The zero-order valence-corrected chi connectivity index (χ0v) is 23.4. The SMILES string of the molecule is CSc1ncccc1CNc1ncc(C#N)c(NCC23CC4C[C@H](C2)C(NC(=O)OC(C)(C)C)[C@@H](C4)C3)n1. The number of alkyl carbamates (subject to hydrolysis) is 1. The van der Waals surface area contributed by atoms with Crippen molar-refractivity contribution in [2.45, 2.75) is 76.1 Å². The van der Waals surface area contributed by atoms with E-state index in [-0.39, 0.29) is 17.6 Å². The summed E-state index contributed by atoms with van der Waals surface area (Å²) in [6.45, 7) is 7.01. The average molecular weight is 536 g/mol. The molecular formula is C28H37N7O2S. The second-order valence-corrected chi connectivity index (χ2v) is 12.9. The minimum Gasteiger partial charge on any atom is -0.444 e. The van der Waals surface area contributed by atoms with Crippen molar-refractivity contribution in [3.05, 3.63) is 35.7 Å². The van der Waals surface area contributed by atoms with Crippen LogP contribution in [-0.2, 0) is 11.3 Å². The fourth-order valence-electron chi connectivity index (χ4n) is 6.96. The Morgan fingerprint density at radius 1 is 1.21 bits per heavy atom. The third-order valence-electron chi connectivity index (χ3n) is 8.10. The lowest BCUT2D eigenvalue weighted by molar-refractivity contribution is -0.0703. The van der Waals surface area contributed by atoms with Crippen molar-refractivity contribution in [1.82, 2.24) is 20.3 Å². The number of pyridine rings is 1. The van der Waals surface area contributed by atoms with E-state index < -0.39 is 5.60 Å². The van der Waals surface area contributed by atoms with Gasteiger partial charge < -0.3 is 20.7 Å². The Hall–Kier alpha value is -3.06. The molecule has 4 saturated carbocycles. The summed E-state index contributed by atoms with van der Waals surface area (Å²) in [5, 5.41) is 20.7. The molecule has 0 aromatic carbocycles. The highest BCUT2D eigenvalue weighted by Gasteiger charge is 2.55. The van der Waals surface area contributed by atoms with Crippen molar-refractivity contribution >= 4 is 29.6 Å². The van der Waals surface area contributed by atoms with E-state index in [0.717, 1.165) is 42.8 Å². The number of carbonyl (C=O) groups excluding carboxylic acids is 1. The van der Waals surface area contributed by atoms with Crippen LogP contribution < -0.4 is 16.0 Å². The van der Waals surface area contributed by atoms with Crippen LogP contribution in [0.3, 0.4) is 0 Å². The van der Waals surface area contributed by atoms with Crippen molar-refractivity contribution in [1.29, 1.82) is 5.26 Å². The third kappa shape index (κ3) is 5.83. The molecule has 4 fully saturated rings. The quantitative estimate of drug-likeness (QED) is 0.391. The molecule has 2 aromatic heterocycles. The Labute approximate surface area is 229 Å². The highest BCUT2D eigenvalue weighted by atomic mass is 32.2. The van der Waals surface area contributed by atoms with Gasteiger partial charge >= 0.3 is 6.09 Å². The Bertz CT molecular complexity index is 1210. The molecular weight excluding hydrogens is 498 g/mol. The van der Waals surface area contributed by atoms with E-state index in [1.165, 1.54) is 6.42 Å². The monoisotopic (exact) mass is 535 g/mol. The van der Waals surface area contributed by atoms with Gasteiger partial charge in [-0.3, -0.25) is 0 Å². The maximum Gasteiger partial charge on any atom is 0.407 e. The van der Waals surface area contributed by atoms with Crippen molar-refractivity contribution in [3.8, 4) is 6.07 Å². The minimum absolute atomic E-state index is 0.150. The fraction of sp³-hybridized carbons (Fsp3) is 0.607. The molecule has 5 atom stereocenters. The van der Waals surface area contributed by atoms with Crippen LogP contribution in [0.1, 0.15) is 64.0 Å². The molecule has 3 N–H and O–H groups in total. The molecule has 3 unspecified atom stereocenters. The van der Waals surface area contributed by atoms with Crippen molar-refractivity contribution in [2.75, 3.05) is 23.4 Å². The number of nitrogens with zero attached hydrogens (tertiary/aromatic N) is 4. The molecule has 0 radical (unpaired) electrons. The summed E-state index contributed by atoms with van der Waals surface area (Å²) < 4.78 is 5.55. The predicted octanol–water partition coefficient (Wildman–Crippen LogP) is 5.21. The van der Waals surface area contributed by atoms with Gasteiger partial charge in [0.1, 0.15) is 28.1 Å². The Kier molecular flexibility index (Phi) is 7.40. The zero-order valence-electron chi connectivity index (χ0n) is 22.6. The summed E-state index contributed by atoms with van der Waals surface area (Å²) in [7, 11) is 0. The van der Waals surface area contributed by atoms with Crippen LogP contribution in [-0.4, -0.2) is 45.5 Å². The lowest BCUT2D eigenvalue weighted by Crippen LogP contribution is -2.60. The van der Waals surface area contributed by atoms with E-state index in [0.29, 0.717) is 41.6 Å². The van der Waals surface area contributed by atoms with E-state index in [4.69, 9.17) is 4.74 Å². The topological polar surface area (TPSA) is 125 Å². The van der Waals surface area contributed by atoms with Gasteiger partial charge in [-0.1, -0.05) is 6.07 Å². The molecule has 38 heavy (non-hydrogen) atoms. The molecule has 0 aliphatic heterocycles. The molecule has 2 aromatic rings. The normalized spacial score (nSPS) is 27.4. The maximum absolute atomic E-state index is 12.5. The summed E-state index contributed by atoms with van der Waals surface area (Å²) >= 11 is 1.60. The van der Waals surface area contributed by atoms with Gasteiger partial charge in [-0.15, -0.1) is 11.8 Å². The molecule has 2 heterocycles. The third-order valence-corrected chi connectivity index (χ3v) is 8.86. The number of carbonyl (C=O) groups is 1. The summed E-state index contributed by atoms with van der Waals surface area (Å²) in [5.41, 5.74) is 1.17. The summed E-state index contributed by atoms with van der Waals surface area (Å²) in [5.74, 6) is 2.65. The zero-order chi connectivity index (χ0) is 26.9. The van der Waals surface area contributed by atoms with Crippen LogP contribution >= 0.6 is 11.8 Å². The van der Waals surface area contributed by atoms with Crippen LogP contribution in [0.25, 0.3) is 0 Å². The predicted molar refractivity (Wildman–Crippen MR) is 148 cm³/mol. The van der Waals surface area contributed by atoms with Gasteiger partial charge in [-0.2, -0.15) is 10.2 Å². The van der Waals surface area contributed by atoms with Gasteiger partial charge in [0.2, 0.25) is 5.95 Å². The number of nitrogens with one attached hydrogen (secondary N) is 3. The van der Waals surface area contributed by atoms with E-state index >= 15 is 0 Å². The Morgan fingerprint density at radius 2 is 1.97 bits per heavy atom. The van der Waals surface area contributed by atoms with Gasteiger partial charge in [-0.25, -0.2) is 14.8 Å². The van der Waals surface area contributed by atoms with E-state index in [1.807, 2.05) is 39.2 Å². The molecule has 6 rings (SSSR count). The number of hydrogen-bond donors (Lipinski definition) is 3. The van der Waals surface area contributed by atoms with Crippen LogP contribution in [0.15, 0.2) is 29.6 Å². The number of anilines is 2. The first-order valence-electron chi connectivity index (χ1n) is 13.4. The number of thioether (sulfide) groups is 1. The largest absolute Gasteiger partial charge is 0.444 e. The van der Waals surface area contributed by atoms with Crippen molar-refractivity contribution in [3.63, 3.8) is 0 Å². The fourth-order valence-corrected chi connectivity index (χ4v) is 7.53. The standard InChI is InChI=1S/C28H37N7O2S/c1-27(2,3)37-26(36)34-22-19-8-17-9-20(22)12-28(10-17,11-19)16-33-23-21(13-29)15-32-25(35-23)31-14-18-6-5-7-30-24(18)38-4/h5-7,15,17,19-20,22H,8-12,14,16H2,1-4H3,(H,34,36)(H2,31,32,33,35)/t17?,19-,20+,22?,28?. The number of ether oxygens (including phenoxy) is 1. The van der Waals surface area contributed by atoms with Gasteiger partial charge in [0.15, 0.2) is 0 Å². The first-order valence-corrected chi connectivity index (χ1v) is 14.6. The van der Waals surface area contributed by atoms with Gasteiger partial charge in [-0.05, 0) is 88.4 Å². The second kappa shape index (κ2) is 10.6. The number of nitriles is 1. The number of amides is 1. The lowest BCUT2D eigenvalue weighted by Gasteiger charge is -2.60. The first-order chi connectivity index (χ1) is 18.2. The highest BCUT2D eigenvalue weighted by molar-refractivity contribution is 7.98. The molecule has 202 valence electrons. The molecule has 4 aliphatic carbocycles. The summed E-state index contributed by atoms with van der Waals surface area (Å²) in [6, 6.07) is 6.36. The maximum atomic E-state index is 12.5. The van der Waals surface area contributed by atoms with Crippen molar-refractivity contribution in [2.24, 2.45) is 23.2 Å². The molecule has 1 amide bonds. The average Bonchev–Trinajstić information content (AvgIpc) is 2.87. The number of aromatic nitrogens is 3. The highest BCUT2D eigenvalue weighted by Crippen LogP contribution is 2.60. The summed E-state index contributed by atoms with van der Waals surface area (Å²) in [6.07, 6.45) is 10.7. The van der Waals surface area contributed by atoms with Crippen LogP contribution in [0.2, 0.25) is 0 Å². The van der Waals surface area contributed by atoms with E-state index in [2.05, 4.69) is 37.0 Å².